The van der Waals surface area contributed by atoms with Gasteiger partial charge in [0.2, 0.25) is 0 Å². The molecule has 16 heavy (non-hydrogen) atoms. The molecule has 0 aliphatic carbocycles. The second kappa shape index (κ2) is 7.74. The van der Waals surface area contributed by atoms with Crippen molar-refractivity contribution in [3.8, 4) is 0 Å². The predicted molar refractivity (Wildman–Crippen MR) is 58.3 cm³/mol. The SMILES string of the molecule is CCC(=O)OC(CC)O[Si](OC)(OC)OC. The molecule has 0 N–H and O–H groups in total. The van der Waals surface area contributed by atoms with Gasteiger partial charge in [-0.15, -0.1) is 0 Å². The standard InChI is InChI=1S/C9H20O6Si/c1-6-8(10)14-9(7-2)15-16(11-3,12-4)13-5/h9H,6-7H2,1-5H3. The maximum atomic E-state index is 11.1. The van der Waals surface area contributed by atoms with Crippen LogP contribution in [0.4, 0.5) is 0 Å². The van der Waals surface area contributed by atoms with Crippen LogP contribution in [0.5, 0.6) is 0 Å². The van der Waals surface area contributed by atoms with E-state index in [1.165, 1.54) is 21.3 Å². The number of hydrogen-bond acceptors (Lipinski definition) is 6. The van der Waals surface area contributed by atoms with Crippen molar-refractivity contribution in [2.24, 2.45) is 0 Å². The molecule has 0 aliphatic rings. The summed E-state index contributed by atoms with van der Waals surface area (Å²) in [5, 5.41) is 0. The molecule has 1 unspecified atom stereocenters. The van der Waals surface area contributed by atoms with Gasteiger partial charge in [-0.3, -0.25) is 4.79 Å². The third-order valence-electron chi connectivity index (χ3n) is 1.91. The van der Waals surface area contributed by atoms with Crippen LogP contribution in [0.1, 0.15) is 26.7 Å². The van der Waals surface area contributed by atoms with Crippen LogP contribution in [-0.4, -0.2) is 42.6 Å². The van der Waals surface area contributed by atoms with E-state index in [9.17, 15) is 4.79 Å². The molecular weight excluding hydrogens is 232 g/mol. The Morgan fingerprint density at radius 1 is 1.12 bits per heavy atom. The minimum absolute atomic E-state index is 0.293. The van der Waals surface area contributed by atoms with Gasteiger partial charge in [0.25, 0.3) is 0 Å². The number of rotatable bonds is 8. The van der Waals surface area contributed by atoms with Crippen LogP contribution in [-0.2, 0) is 27.2 Å². The highest BCUT2D eigenvalue weighted by Gasteiger charge is 2.45. The molecule has 0 heterocycles. The van der Waals surface area contributed by atoms with Crippen molar-refractivity contribution in [3.63, 3.8) is 0 Å². The summed E-state index contributed by atoms with van der Waals surface area (Å²) in [4.78, 5) is 11.1. The molecule has 6 nitrogen and oxygen atoms in total. The van der Waals surface area contributed by atoms with Gasteiger partial charge in [0.1, 0.15) is 0 Å². The molecule has 0 radical (unpaired) electrons. The minimum atomic E-state index is -3.16. The fourth-order valence-electron chi connectivity index (χ4n) is 0.976. The first-order chi connectivity index (χ1) is 7.57. The maximum Gasteiger partial charge on any atom is 0.681 e. The third-order valence-corrected chi connectivity index (χ3v) is 3.96. The van der Waals surface area contributed by atoms with E-state index in [0.29, 0.717) is 12.8 Å². The van der Waals surface area contributed by atoms with Gasteiger partial charge in [0, 0.05) is 34.2 Å². The van der Waals surface area contributed by atoms with Gasteiger partial charge in [-0.2, -0.15) is 0 Å². The van der Waals surface area contributed by atoms with E-state index >= 15 is 0 Å². The van der Waals surface area contributed by atoms with Crippen LogP contribution in [0, 0.1) is 0 Å². The largest absolute Gasteiger partial charge is 0.681 e. The summed E-state index contributed by atoms with van der Waals surface area (Å²) < 4.78 is 25.7. The average molecular weight is 252 g/mol. The second-order valence-corrected chi connectivity index (χ2v) is 5.37. The van der Waals surface area contributed by atoms with Crippen molar-refractivity contribution in [2.75, 3.05) is 21.3 Å². The number of carbonyl (C=O) groups excluding carboxylic acids is 1. The van der Waals surface area contributed by atoms with Crippen molar-refractivity contribution >= 4 is 15.0 Å². The molecule has 0 aromatic carbocycles. The zero-order chi connectivity index (χ0) is 12.6. The fourth-order valence-corrected chi connectivity index (χ4v) is 2.30. The minimum Gasteiger partial charge on any atom is -0.437 e. The lowest BCUT2D eigenvalue weighted by atomic mass is 10.4. The monoisotopic (exact) mass is 252 g/mol. The first-order valence-corrected chi connectivity index (χ1v) is 6.73. The summed E-state index contributed by atoms with van der Waals surface area (Å²) in [5.41, 5.74) is 0. The molecule has 0 aromatic heterocycles. The first-order valence-electron chi connectivity index (χ1n) is 5.10. The molecular formula is C9H20O6Si. The molecule has 7 heteroatoms. The molecule has 96 valence electrons. The highest BCUT2D eigenvalue weighted by atomic mass is 28.4. The molecule has 0 aliphatic heterocycles. The summed E-state index contributed by atoms with van der Waals surface area (Å²) in [6, 6.07) is 0. The van der Waals surface area contributed by atoms with Gasteiger partial charge in [-0.05, 0) is 0 Å². The van der Waals surface area contributed by atoms with Crippen molar-refractivity contribution in [3.05, 3.63) is 0 Å². The van der Waals surface area contributed by atoms with Crippen molar-refractivity contribution in [2.45, 2.75) is 33.0 Å². The van der Waals surface area contributed by atoms with Gasteiger partial charge in [-0.1, -0.05) is 13.8 Å². The van der Waals surface area contributed by atoms with Crippen LogP contribution >= 0.6 is 0 Å². The molecule has 0 rings (SSSR count). The van der Waals surface area contributed by atoms with Gasteiger partial charge >= 0.3 is 15.0 Å². The molecule has 1 atom stereocenters. The van der Waals surface area contributed by atoms with Gasteiger partial charge in [0.15, 0.2) is 6.29 Å². The van der Waals surface area contributed by atoms with Gasteiger partial charge < -0.3 is 22.4 Å². The third kappa shape index (κ3) is 4.58. The van der Waals surface area contributed by atoms with E-state index in [-0.39, 0.29) is 5.97 Å². The quantitative estimate of drug-likeness (QED) is 0.366. The van der Waals surface area contributed by atoms with Crippen molar-refractivity contribution in [1.29, 1.82) is 0 Å². The molecule has 0 saturated heterocycles. The Bertz CT molecular complexity index is 198. The van der Waals surface area contributed by atoms with Crippen LogP contribution in [0.2, 0.25) is 0 Å². The lowest BCUT2D eigenvalue weighted by Crippen LogP contribution is -2.49. The van der Waals surface area contributed by atoms with E-state index in [1.54, 1.807) is 6.92 Å². The molecule has 0 fully saturated rings. The Labute approximate surface area is 97.3 Å². The normalized spacial score (nSPS) is 13.6. The Morgan fingerprint density at radius 2 is 1.62 bits per heavy atom. The van der Waals surface area contributed by atoms with E-state index in [2.05, 4.69) is 0 Å². The van der Waals surface area contributed by atoms with Crippen LogP contribution in [0.25, 0.3) is 0 Å². The second-order valence-electron chi connectivity index (χ2n) is 2.91. The Balaban J connectivity index is 4.43. The Hall–Kier alpha value is -0.473. The zero-order valence-electron chi connectivity index (χ0n) is 10.4. The molecule has 0 bridgehead atoms. The maximum absolute atomic E-state index is 11.1. The van der Waals surface area contributed by atoms with Crippen molar-refractivity contribution in [1.82, 2.24) is 0 Å². The van der Waals surface area contributed by atoms with Gasteiger partial charge in [-0.25, -0.2) is 0 Å². The van der Waals surface area contributed by atoms with E-state index in [4.69, 9.17) is 22.4 Å². The smallest absolute Gasteiger partial charge is 0.437 e. The highest BCUT2D eigenvalue weighted by Crippen LogP contribution is 2.14. The summed E-state index contributed by atoms with van der Waals surface area (Å²) in [6.07, 6.45) is 0.0803. The number of carbonyl (C=O) groups is 1. The summed E-state index contributed by atoms with van der Waals surface area (Å²) in [5.74, 6) is -0.335. The lowest BCUT2D eigenvalue weighted by Gasteiger charge is -2.27. The molecule has 0 aromatic rings. The Kier molecular flexibility index (Phi) is 7.51. The summed E-state index contributed by atoms with van der Waals surface area (Å²) in [6.45, 7) is 3.54. The zero-order valence-corrected chi connectivity index (χ0v) is 11.4. The highest BCUT2D eigenvalue weighted by molar-refractivity contribution is 6.53. The number of ether oxygens (including phenoxy) is 1. The fraction of sp³-hybridized carbons (Fsp3) is 0.889. The van der Waals surface area contributed by atoms with Crippen molar-refractivity contribution < 1.29 is 27.2 Å². The van der Waals surface area contributed by atoms with E-state index in [1.807, 2.05) is 6.92 Å². The van der Waals surface area contributed by atoms with E-state index in [0.717, 1.165) is 0 Å². The topological polar surface area (TPSA) is 63.2 Å². The van der Waals surface area contributed by atoms with E-state index < -0.39 is 15.3 Å². The van der Waals surface area contributed by atoms with Gasteiger partial charge in [0.05, 0.1) is 0 Å². The van der Waals surface area contributed by atoms with Crippen LogP contribution < -0.4 is 0 Å². The molecule has 0 spiro atoms. The number of esters is 1. The molecule has 0 saturated carbocycles. The number of hydrogen-bond donors (Lipinski definition) is 0. The Morgan fingerprint density at radius 3 is 1.94 bits per heavy atom. The molecule has 0 amide bonds. The lowest BCUT2D eigenvalue weighted by molar-refractivity contribution is -0.175. The summed E-state index contributed by atoms with van der Waals surface area (Å²) in [7, 11) is 1.11. The first kappa shape index (κ1) is 15.5. The average Bonchev–Trinajstić information content (AvgIpc) is 2.34. The summed E-state index contributed by atoms with van der Waals surface area (Å²) >= 11 is 0. The predicted octanol–water partition coefficient (Wildman–Crippen LogP) is 1.07. The van der Waals surface area contributed by atoms with Crippen LogP contribution in [0.15, 0.2) is 0 Å². The van der Waals surface area contributed by atoms with Crippen LogP contribution in [0.3, 0.4) is 0 Å².